The molecule has 0 spiro atoms. The monoisotopic (exact) mass is 308 g/mol. The summed E-state index contributed by atoms with van der Waals surface area (Å²) in [5, 5.41) is 8.87. The van der Waals surface area contributed by atoms with E-state index in [4.69, 9.17) is 22.6 Å². The minimum Gasteiger partial charge on any atom is -0.398 e. The van der Waals surface area contributed by atoms with Crippen LogP contribution in [-0.4, -0.2) is 13.4 Å². The summed E-state index contributed by atoms with van der Waals surface area (Å²) >= 11 is 5.82. The van der Waals surface area contributed by atoms with Gasteiger partial charge in [0.25, 0.3) is 10.0 Å². The Morgan fingerprint density at radius 3 is 2.60 bits per heavy atom. The Labute approximate surface area is 120 Å². The van der Waals surface area contributed by atoms with Gasteiger partial charge in [0.05, 0.1) is 16.4 Å². The molecule has 0 bridgehead atoms. The van der Waals surface area contributed by atoms with Gasteiger partial charge in [-0.3, -0.25) is 4.72 Å². The number of aromatic nitrogens is 1. The molecule has 0 saturated heterocycles. The van der Waals surface area contributed by atoms with E-state index in [2.05, 4.69) is 9.71 Å². The zero-order chi connectivity index (χ0) is 14.8. The maximum Gasteiger partial charge on any atom is 0.263 e. The quantitative estimate of drug-likeness (QED) is 0.843. The van der Waals surface area contributed by atoms with Gasteiger partial charge in [-0.25, -0.2) is 13.4 Å². The van der Waals surface area contributed by atoms with Crippen LogP contribution in [0.25, 0.3) is 0 Å². The fraction of sp³-hybridized carbons (Fsp3) is 0. The van der Waals surface area contributed by atoms with Gasteiger partial charge in [0.15, 0.2) is 0 Å². The lowest BCUT2D eigenvalue weighted by atomic mass is 10.3. The minimum atomic E-state index is -3.79. The summed E-state index contributed by atoms with van der Waals surface area (Å²) in [5.41, 5.74) is 6.33. The summed E-state index contributed by atoms with van der Waals surface area (Å²) in [7, 11) is -3.79. The Morgan fingerprint density at radius 1 is 1.30 bits per heavy atom. The SMILES string of the molecule is N#Cc1ccc(S(=O)(=O)Nc2ccc(N)c(Cl)c2)cn1. The van der Waals surface area contributed by atoms with Gasteiger partial charge in [0.2, 0.25) is 0 Å². The fourth-order valence-electron chi connectivity index (χ4n) is 1.41. The van der Waals surface area contributed by atoms with Crippen LogP contribution in [0.4, 0.5) is 11.4 Å². The molecular formula is C12H9ClN4O2S. The number of anilines is 2. The van der Waals surface area contributed by atoms with Gasteiger partial charge in [0.1, 0.15) is 16.7 Å². The maximum absolute atomic E-state index is 12.1. The van der Waals surface area contributed by atoms with E-state index in [0.717, 1.165) is 6.20 Å². The van der Waals surface area contributed by atoms with E-state index < -0.39 is 10.0 Å². The van der Waals surface area contributed by atoms with E-state index in [1.807, 2.05) is 6.07 Å². The molecule has 102 valence electrons. The second kappa shape index (κ2) is 5.36. The lowest BCUT2D eigenvalue weighted by Gasteiger charge is -2.08. The van der Waals surface area contributed by atoms with Crippen molar-refractivity contribution in [1.82, 2.24) is 4.98 Å². The summed E-state index contributed by atoms with van der Waals surface area (Å²) in [5.74, 6) is 0. The van der Waals surface area contributed by atoms with Gasteiger partial charge in [-0.15, -0.1) is 0 Å². The van der Waals surface area contributed by atoms with E-state index in [1.165, 1.54) is 30.3 Å². The number of halogens is 1. The average Bonchev–Trinajstić information content (AvgIpc) is 2.43. The number of nitrogens with two attached hydrogens (primary N) is 1. The molecule has 2 aromatic rings. The predicted molar refractivity (Wildman–Crippen MR) is 75.6 cm³/mol. The van der Waals surface area contributed by atoms with Crippen LogP contribution < -0.4 is 10.5 Å². The van der Waals surface area contributed by atoms with Crippen molar-refractivity contribution >= 4 is 33.0 Å². The molecule has 0 unspecified atom stereocenters. The van der Waals surface area contributed by atoms with Crippen LogP contribution in [0.5, 0.6) is 0 Å². The van der Waals surface area contributed by atoms with Crippen LogP contribution in [0, 0.1) is 11.3 Å². The Hall–Kier alpha value is -2.30. The molecule has 8 heteroatoms. The number of nitrogens with zero attached hydrogens (tertiary/aromatic N) is 2. The highest BCUT2D eigenvalue weighted by molar-refractivity contribution is 7.92. The first kappa shape index (κ1) is 14.1. The highest BCUT2D eigenvalue weighted by Crippen LogP contribution is 2.24. The van der Waals surface area contributed by atoms with Crippen LogP contribution in [0.1, 0.15) is 5.69 Å². The number of sulfonamides is 1. The molecule has 0 saturated carbocycles. The number of nitriles is 1. The number of nitrogens with one attached hydrogen (secondary N) is 1. The van der Waals surface area contributed by atoms with Crippen LogP contribution in [0.15, 0.2) is 41.4 Å². The van der Waals surface area contributed by atoms with E-state index in [9.17, 15) is 8.42 Å². The second-order valence-electron chi connectivity index (χ2n) is 3.83. The number of hydrogen-bond acceptors (Lipinski definition) is 5. The Morgan fingerprint density at radius 2 is 2.05 bits per heavy atom. The van der Waals surface area contributed by atoms with E-state index in [0.29, 0.717) is 5.69 Å². The molecule has 2 rings (SSSR count). The number of rotatable bonds is 3. The van der Waals surface area contributed by atoms with Gasteiger partial charge in [0, 0.05) is 6.20 Å². The fourth-order valence-corrected chi connectivity index (χ4v) is 2.58. The Kier molecular flexibility index (Phi) is 3.79. The molecule has 0 radical (unpaired) electrons. The van der Waals surface area contributed by atoms with Crippen molar-refractivity contribution in [3.05, 3.63) is 47.2 Å². The Balaban J connectivity index is 2.30. The van der Waals surface area contributed by atoms with E-state index in [-0.39, 0.29) is 21.3 Å². The third kappa shape index (κ3) is 2.99. The topological polar surface area (TPSA) is 109 Å². The van der Waals surface area contributed by atoms with Gasteiger partial charge < -0.3 is 5.73 Å². The van der Waals surface area contributed by atoms with E-state index >= 15 is 0 Å². The highest BCUT2D eigenvalue weighted by atomic mass is 35.5. The van der Waals surface area contributed by atoms with Crippen LogP contribution in [0.2, 0.25) is 5.02 Å². The molecule has 0 aliphatic heterocycles. The highest BCUT2D eigenvalue weighted by Gasteiger charge is 2.15. The van der Waals surface area contributed by atoms with Crippen LogP contribution >= 0.6 is 11.6 Å². The van der Waals surface area contributed by atoms with E-state index in [1.54, 1.807) is 0 Å². The van der Waals surface area contributed by atoms with Gasteiger partial charge in [-0.05, 0) is 30.3 Å². The summed E-state index contributed by atoms with van der Waals surface area (Å²) in [6, 6.07) is 8.84. The predicted octanol–water partition coefficient (Wildman–Crippen LogP) is 1.99. The molecule has 0 amide bonds. The zero-order valence-electron chi connectivity index (χ0n) is 10.0. The zero-order valence-corrected chi connectivity index (χ0v) is 11.6. The van der Waals surface area contributed by atoms with Gasteiger partial charge in [-0.2, -0.15) is 5.26 Å². The molecule has 20 heavy (non-hydrogen) atoms. The minimum absolute atomic E-state index is 0.0514. The number of hydrogen-bond donors (Lipinski definition) is 2. The number of pyridine rings is 1. The third-order valence-corrected chi connectivity index (χ3v) is 4.11. The van der Waals surface area contributed by atoms with Crippen molar-refractivity contribution in [2.24, 2.45) is 0 Å². The molecule has 0 aliphatic rings. The van der Waals surface area contributed by atoms with Gasteiger partial charge >= 0.3 is 0 Å². The molecule has 1 aromatic carbocycles. The first-order chi connectivity index (χ1) is 9.42. The normalized spacial score (nSPS) is 10.8. The van der Waals surface area contributed by atoms with Crippen molar-refractivity contribution in [3.8, 4) is 6.07 Å². The van der Waals surface area contributed by atoms with Crippen molar-refractivity contribution < 1.29 is 8.42 Å². The summed E-state index contributed by atoms with van der Waals surface area (Å²) in [4.78, 5) is 3.66. The summed E-state index contributed by atoms with van der Waals surface area (Å²) in [6.45, 7) is 0. The summed E-state index contributed by atoms with van der Waals surface area (Å²) < 4.78 is 26.5. The van der Waals surface area contributed by atoms with Crippen molar-refractivity contribution in [2.45, 2.75) is 4.90 Å². The molecular weight excluding hydrogens is 300 g/mol. The lowest BCUT2D eigenvalue weighted by Crippen LogP contribution is -2.13. The Bertz CT molecular complexity index is 782. The van der Waals surface area contributed by atoms with Crippen molar-refractivity contribution in [2.75, 3.05) is 10.5 Å². The first-order valence-corrected chi connectivity index (χ1v) is 7.22. The van der Waals surface area contributed by atoms with Crippen molar-refractivity contribution in [3.63, 3.8) is 0 Å². The largest absolute Gasteiger partial charge is 0.398 e. The summed E-state index contributed by atoms with van der Waals surface area (Å²) in [6.07, 6.45) is 1.11. The number of nitrogen functional groups attached to an aromatic ring is 1. The van der Waals surface area contributed by atoms with Gasteiger partial charge in [-0.1, -0.05) is 11.6 Å². The number of benzene rings is 1. The third-order valence-electron chi connectivity index (χ3n) is 2.41. The van der Waals surface area contributed by atoms with Crippen LogP contribution in [-0.2, 0) is 10.0 Å². The van der Waals surface area contributed by atoms with Crippen molar-refractivity contribution in [1.29, 1.82) is 5.26 Å². The molecule has 0 fully saturated rings. The van der Waals surface area contributed by atoms with Crippen LogP contribution in [0.3, 0.4) is 0 Å². The standard InChI is InChI=1S/C12H9ClN4O2S/c13-11-5-8(2-4-12(11)15)17-20(18,19)10-3-1-9(6-14)16-7-10/h1-5,7,17H,15H2. The lowest BCUT2D eigenvalue weighted by molar-refractivity contribution is 0.601. The average molecular weight is 309 g/mol. The maximum atomic E-state index is 12.1. The second-order valence-corrected chi connectivity index (χ2v) is 5.92. The molecule has 0 atom stereocenters. The molecule has 1 aromatic heterocycles. The molecule has 1 heterocycles. The molecule has 6 nitrogen and oxygen atoms in total. The molecule has 0 aliphatic carbocycles. The molecule has 3 N–H and O–H groups in total. The first-order valence-electron chi connectivity index (χ1n) is 5.36. The smallest absolute Gasteiger partial charge is 0.263 e.